The summed E-state index contributed by atoms with van der Waals surface area (Å²) in [4.78, 5) is 12.5. The van der Waals surface area contributed by atoms with Crippen LogP contribution < -0.4 is 0 Å². The van der Waals surface area contributed by atoms with E-state index < -0.39 is 11.0 Å². The molecular formula is C14H24N4O3. The molecule has 0 spiro atoms. The Morgan fingerprint density at radius 1 is 1.52 bits per heavy atom. The second kappa shape index (κ2) is 7.51. The number of likely N-dealkylation sites (N-methyl/N-ethyl adjacent to an activating group) is 1. The van der Waals surface area contributed by atoms with Gasteiger partial charge in [0.1, 0.15) is 12.4 Å². The van der Waals surface area contributed by atoms with Crippen LogP contribution in [0.25, 0.3) is 0 Å². The van der Waals surface area contributed by atoms with Crippen LogP contribution in [0.1, 0.15) is 39.0 Å². The Morgan fingerprint density at radius 2 is 2.24 bits per heavy atom. The minimum atomic E-state index is -0.564. The van der Waals surface area contributed by atoms with Crippen LogP contribution in [0.15, 0.2) is 12.4 Å². The van der Waals surface area contributed by atoms with Crippen LogP contribution in [0.4, 0.5) is 5.69 Å². The fourth-order valence-electron chi connectivity index (χ4n) is 3.07. The summed E-state index contributed by atoms with van der Waals surface area (Å²) in [5, 5.41) is 24.7. The maximum Gasteiger partial charge on any atom is 0.306 e. The molecular weight excluding hydrogens is 272 g/mol. The molecule has 0 aromatic carbocycles. The van der Waals surface area contributed by atoms with Crippen LogP contribution in [0.5, 0.6) is 0 Å². The van der Waals surface area contributed by atoms with Crippen LogP contribution in [-0.2, 0) is 6.54 Å². The third-order valence-electron chi connectivity index (χ3n) is 4.17. The van der Waals surface area contributed by atoms with Crippen molar-refractivity contribution in [2.75, 3.05) is 13.1 Å². The van der Waals surface area contributed by atoms with Gasteiger partial charge in [0, 0.05) is 12.6 Å². The highest BCUT2D eigenvalue weighted by atomic mass is 16.6. The van der Waals surface area contributed by atoms with Crippen molar-refractivity contribution in [3.05, 3.63) is 22.5 Å². The molecule has 1 N–H and O–H groups in total. The summed E-state index contributed by atoms with van der Waals surface area (Å²) in [6.45, 7) is 3.91. The Balaban J connectivity index is 1.86. The van der Waals surface area contributed by atoms with Crippen LogP contribution >= 0.6 is 0 Å². The van der Waals surface area contributed by atoms with Gasteiger partial charge < -0.3 is 5.11 Å². The molecule has 1 aliphatic rings. The molecule has 7 nitrogen and oxygen atoms in total. The van der Waals surface area contributed by atoms with Gasteiger partial charge in [-0.15, -0.1) is 0 Å². The monoisotopic (exact) mass is 296 g/mol. The predicted octanol–water partition coefficient (Wildman–Crippen LogP) is 1.81. The van der Waals surface area contributed by atoms with Crippen molar-refractivity contribution in [2.45, 2.75) is 57.7 Å². The highest BCUT2D eigenvalue weighted by Crippen LogP contribution is 2.22. The fraction of sp³-hybridized carbons (Fsp3) is 0.786. The normalized spacial score (nSPS) is 18.0. The maximum absolute atomic E-state index is 10.6. The lowest BCUT2D eigenvalue weighted by Gasteiger charge is -2.34. The van der Waals surface area contributed by atoms with Gasteiger partial charge in [-0.1, -0.05) is 26.2 Å². The standard InChI is InChI=1S/C14H24N4O3/c1-2-16(12-6-4-3-5-7-12)10-14(19)11-17-9-13(8-15-17)18(20)21/h8-9,12,14,19H,2-7,10-11H2,1H3. The zero-order valence-corrected chi connectivity index (χ0v) is 12.5. The molecule has 0 radical (unpaired) electrons. The molecule has 1 aliphatic carbocycles. The van der Waals surface area contributed by atoms with Crippen molar-refractivity contribution in [1.82, 2.24) is 14.7 Å². The van der Waals surface area contributed by atoms with E-state index >= 15 is 0 Å². The molecule has 0 saturated heterocycles. The van der Waals surface area contributed by atoms with E-state index in [0.29, 0.717) is 12.6 Å². The number of rotatable bonds is 7. The Kier molecular flexibility index (Phi) is 5.69. The summed E-state index contributed by atoms with van der Waals surface area (Å²) in [6, 6.07) is 0.561. The molecule has 2 rings (SSSR count). The largest absolute Gasteiger partial charge is 0.390 e. The fourth-order valence-corrected chi connectivity index (χ4v) is 3.07. The Labute approximate surface area is 124 Å². The first-order valence-electron chi connectivity index (χ1n) is 7.69. The molecule has 0 amide bonds. The number of nitrogens with zero attached hydrogens (tertiary/aromatic N) is 4. The molecule has 21 heavy (non-hydrogen) atoms. The third kappa shape index (κ3) is 4.50. The van der Waals surface area contributed by atoms with Gasteiger partial charge >= 0.3 is 5.69 Å². The number of aromatic nitrogens is 2. The van der Waals surface area contributed by atoms with E-state index in [1.165, 1.54) is 49.2 Å². The van der Waals surface area contributed by atoms with E-state index in [1.54, 1.807) is 0 Å². The zero-order valence-electron chi connectivity index (χ0n) is 12.5. The molecule has 0 aliphatic heterocycles. The topological polar surface area (TPSA) is 84.4 Å². The lowest BCUT2D eigenvalue weighted by Crippen LogP contribution is -2.42. The molecule has 0 bridgehead atoms. The van der Waals surface area contributed by atoms with Crippen LogP contribution in [0.2, 0.25) is 0 Å². The number of aliphatic hydroxyl groups excluding tert-OH is 1. The average Bonchev–Trinajstić information content (AvgIpc) is 2.94. The van der Waals surface area contributed by atoms with Crippen molar-refractivity contribution in [2.24, 2.45) is 0 Å². The first-order chi connectivity index (χ1) is 10.1. The Bertz CT molecular complexity index is 457. The van der Waals surface area contributed by atoms with Gasteiger partial charge in [0.2, 0.25) is 0 Å². The van der Waals surface area contributed by atoms with Gasteiger partial charge in [-0.25, -0.2) is 0 Å². The van der Waals surface area contributed by atoms with Gasteiger partial charge in [-0.05, 0) is 19.4 Å². The molecule has 1 fully saturated rings. The zero-order chi connectivity index (χ0) is 15.2. The van der Waals surface area contributed by atoms with E-state index in [2.05, 4.69) is 16.9 Å². The smallest absolute Gasteiger partial charge is 0.306 e. The van der Waals surface area contributed by atoms with Crippen LogP contribution in [-0.4, -0.2) is 49.9 Å². The minimum absolute atomic E-state index is 0.0400. The van der Waals surface area contributed by atoms with Crippen molar-refractivity contribution in [3.63, 3.8) is 0 Å². The molecule has 1 aromatic heterocycles. The molecule has 1 heterocycles. The predicted molar refractivity (Wildman–Crippen MR) is 79.0 cm³/mol. The van der Waals surface area contributed by atoms with Crippen molar-refractivity contribution in [1.29, 1.82) is 0 Å². The van der Waals surface area contributed by atoms with Gasteiger partial charge in [-0.3, -0.25) is 19.7 Å². The summed E-state index contributed by atoms with van der Waals surface area (Å²) in [5.41, 5.74) is -0.0400. The quantitative estimate of drug-likeness (QED) is 0.612. The lowest BCUT2D eigenvalue weighted by atomic mass is 9.94. The highest BCUT2D eigenvalue weighted by Gasteiger charge is 2.22. The highest BCUT2D eigenvalue weighted by molar-refractivity contribution is 5.20. The van der Waals surface area contributed by atoms with E-state index in [9.17, 15) is 15.2 Å². The van der Waals surface area contributed by atoms with E-state index in [0.717, 1.165) is 6.54 Å². The molecule has 118 valence electrons. The molecule has 1 aromatic rings. The SMILES string of the molecule is CCN(CC(O)Cn1cc([N+](=O)[O-])cn1)C1CCCCC1. The summed E-state index contributed by atoms with van der Waals surface area (Å²) >= 11 is 0. The van der Waals surface area contributed by atoms with Gasteiger partial charge in [-0.2, -0.15) is 5.10 Å². The first-order valence-corrected chi connectivity index (χ1v) is 7.69. The summed E-state index contributed by atoms with van der Waals surface area (Å²) in [5.74, 6) is 0. The van der Waals surface area contributed by atoms with E-state index in [1.807, 2.05) is 0 Å². The number of hydrogen-bond acceptors (Lipinski definition) is 5. The van der Waals surface area contributed by atoms with Crippen molar-refractivity contribution in [3.8, 4) is 0 Å². The van der Waals surface area contributed by atoms with Crippen molar-refractivity contribution < 1.29 is 10.0 Å². The lowest BCUT2D eigenvalue weighted by molar-refractivity contribution is -0.385. The van der Waals surface area contributed by atoms with Gasteiger partial charge in [0.25, 0.3) is 0 Å². The second-order valence-electron chi connectivity index (χ2n) is 5.71. The minimum Gasteiger partial charge on any atom is -0.390 e. The first kappa shape index (κ1) is 15.9. The number of aliphatic hydroxyl groups is 1. The van der Waals surface area contributed by atoms with Crippen molar-refractivity contribution >= 4 is 5.69 Å². The summed E-state index contributed by atoms with van der Waals surface area (Å²) < 4.78 is 1.44. The Morgan fingerprint density at radius 3 is 2.81 bits per heavy atom. The number of nitro groups is 1. The molecule has 1 atom stereocenters. The third-order valence-corrected chi connectivity index (χ3v) is 4.17. The molecule has 1 unspecified atom stereocenters. The summed E-state index contributed by atoms with van der Waals surface area (Å²) in [7, 11) is 0. The van der Waals surface area contributed by atoms with Gasteiger partial charge in [0.05, 0.1) is 17.6 Å². The van der Waals surface area contributed by atoms with E-state index in [4.69, 9.17) is 0 Å². The molecule has 7 heteroatoms. The van der Waals surface area contributed by atoms with Crippen LogP contribution in [0, 0.1) is 10.1 Å². The van der Waals surface area contributed by atoms with E-state index in [-0.39, 0.29) is 12.2 Å². The number of hydrogen-bond donors (Lipinski definition) is 1. The molecule has 1 saturated carbocycles. The van der Waals surface area contributed by atoms with Crippen LogP contribution in [0.3, 0.4) is 0 Å². The average molecular weight is 296 g/mol. The Hall–Kier alpha value is -1.47. The summed E-state index contributed by atoms with van der Waals surface area (Å²) in [6.07, 6.45) is 8.26. The second-order valence-corrected chi connectivity index (χ2v) is 5.71. The van der Waals surface area contributed by atoms with Gasteiger partial charge in [0.15, 0.2) is 0 Å². The maximum atomic E-state index is 10.6.